The highest BCUT2D eigenvalue weighted by Crippen LogP contribution is 2.25. The summed E-state index contributed by atoms with van der Waals surface area (Å²) in [5.74, 6) is -0.431. The van der Waals surface area contributed by atoms with Gasteiger partial charge in [-0.15, -0.1) is 10.2 Å². The zero-order chi connectivity index (χ0) is 15.7. The van der Waals surface area contributed by atoms with E-state index in [1.54, 1.807) is 18.2 Å². The summed E-state index contributed by atoms with van der Waals surface area (Å²) in [6.45, 7) is 3.83. The smallest absolute Gasteiger partial charge is 0.337 e. The summed E-state index contributed by atoms with van der Waals surface area (Å²) < 4.78 is 1.84. The number of rotatable bonds is 3. The fourth-order valence-corrected chi connectivity index (χ4v) is 2.22. The van der Waals surface area contributed by atoms with E-state index in [1.165, 1.54) is 6.07 Å². The fraction of sp³-hybridized carbons (Fsp3) is 0.125. The molecule has 3 rings (SSSR count). The Morgan fingerprint density at radius 3 is 2.68 bits per heavy atom. The summed E-state index contributed by atoms with van der Waals surface area (Å²) in [4.78, 5) is 15.6. The normalized spacial score (nSPS) is 11.4. The lowest BCUT2D eigenvalue weighted by Crippen LogP contribution is -1.95. The predicted molar refractivity (Wildman–Crippen MR) is 82.2 cm³/mol. The number of pyridine rings is 1. The fourth-order valence-electron chi connectivity index (χ4n) is 2.22. The van der Waals surface area contributed by atoms with Gasteiger partial charge in [-0.2, -0.15) is 0 Å². The van der Waals surface area contributed by atoms with Crippen molar-refractivity contribution >= 4 is 23.1 Å². The molecule has 0 bridgehead atoms. The van der Waals surface area contributed by atoms with Crippen molar-refractivity contribution in [1.29, 1.82) is 0 Å². The van der Waals surface area contributed by atoms with Gasteiger partial charge >= 0.3 is 5.97 Å². The maximum Gasteiger partial charge on any atom is 0.337 e. The van der Waals surface area contributed by atoms with Crippen LogP contribution in [0, 0.1) is 13.8 Å². The number of aromatic carboxylic acids is 1. The summed E-state index contributed by atoms with van der Waals surface area (Å²) in [5.41, 5.74) is 3.03. The summed E-state index contributed by atoms with van der Waals surface area (Å²) in [5, 5.41) is 17.5. The molecule has 0 saturated carbocycles. The lowest BCUT2D eigenvalue weighted by atomic mass is 10.2. The molecule has 0 aliphatic carbocycles. The van der Waals surface area contributed by atoms with Crippen molar-refractivity contribution in [2.75, 3.05) is 0 Å². The van der Waals surface area contributed by atoms with Crippen molar-refractivity contribution in [2.45, 2.75) is 13.8 Å². The molecule has 0 unspecified atom stereocenters. The molecule has 22 heavy (non-hydrogen) atoms. The lowest BCUT2D eigenvalue weighted by molar-refractivity contribution is 0.0698. The molecule has 0 aliphatic rings. The molecule has 0 amide bonds. The van der Waals surface area contributed by atoms with Gasteiger partial charge < -0.3 is 5.11 Å². The second-order valence-corrected chi connectivity index (χ2v) is 4.98. The van der Waals surface area contributed by atoms with E-state index in [0.29, 0.717) is 11.5 Å². The molecule has 110 valence electrons. The number of aryl methyl sites for hydroxylation is 2. The second-order valence-electron chi connectivity index (χ2n) is 4.98. The van der Waals surface area contributed by atoms with Crippen LogP contribution in [0.15, 0.2) is 52.8 Å². The zero-order valence-corrected chi connectivity index (χ0v) is 12.2. The molecule has 6 heteroatoms. The molecule has 2 heterocycles. The van der Waals surface area contributed by atoms with Crippen LogP contribution in [0.5, 0.6) is 0 Å². The zero-order valence-electron chi connectivity index (χ0n) is 12.2. The van der Waals surface area contributed by atoms with Crippen molar-refractivity contribution in [1.82, 2.24) is 9.38 Å². The number of hydrogen-bond acceptors (Lipinski definition) is 4. The van der Waals surface area contributed by atoms with Crippen LogP contribution in [0.25, 0.3) is 5.65 Å². The number of carboxylic acids is 1. The third-order valence-corrected chi connectivity index (χ3v) is 3.30. The van der Waals surface area contributed by atoms with Crippen LogP contribution in [-0.2, 0) is 0 Å². The third kappa shape index (κ3) is 2.46. The van der Waals surface area contributed by atoms with Gasteiger partial charge in [0.05, 0.1) is 11.3 Å². The average molecular weight is 294 g/mol. The molecule has 1 N–H and O–H groups in total. The van der Waals surface area contributed by atoms with E-state index in [-0.39, 0.29) is 5.56 Å². The molecular formula is C16H14N4O2. The van der Waals surface area contributed by atoms with E-state index >= 15 is 0 Å². The minimum Gasteiger partial charge on any atom is -0.478 e. The summed E-state index contributed by atoms with van der Waals surface area (Å²) in [7, 11) is 0. The number of benzene rings is 1. The van der Waals surface area contributed by atoms with Crippen molar-refractivity contribution in [2.24, 2.45) is 10.2 Å². The second kappa shape index (κ2) is 5.40. The highest BCUT2D eigenvalue weighted by atomic mass is 16.4. The Morgan fingerprint density at radius 1 is 1.14 bits per heavy atom. The van der Waals surface area contributed by atoms with Gasteiger partial charge in [-0.05, 0) is 37.6 Å². The van der Waals surface area contributed by atoms with Gasteiger partial charge in [0.2, 0.25) is 0 Å². The van der Waals surface area contributed by atoms with Gasteiger partial charge in [-0.25, -0.2) is 9.78 Å². The Morgan fingerprint density at radius 2 is 1.91 bits per heavy atom. The van der Waals surface area contributed by atoms with Gasteiger partial charge in [-0.3, -0.25) is 4.40 Å². The molecule has 2 aromatic heterocycles. The first-order chi connectivity index (χ1) is 10.6. The van der Waals surface area contributed by atoms with E-state index in [0.717, 1.165) is 16.9 Å². The highest BCUT2D eigenvalue weighted by Gasteiger charge is 2.10. The summed E-state index contributed by atoms with van der Waals surface area (Å²) >= 11 is 0. The van der Waals surface area contributed by atoms with Gasteiger partial charge in [0.1, 0.15) is 11.3 Å². The van der Waals surface area contributed by atoms with Gasteiger partial charge in [-0.1, -0.05) is 18.2 Å². The van der Waals surface area contributed by atoms with Crippen molar-refractivity contribution in [3.63, 3.8) is 0 Å². The van der Waals surface area contributed by atoms with E-state index in [4.69, 9.17) is 5.11 Å². The number of imidazole rings is 1. The standard InChI is InChI=1S/C16H14N4O2/c1-10-7-8-14-17-11(2)15(20(14)9-10)19-18-13-6-4-3-5-12(13)16(21)22/h3-9H,1-2H3,(H,21,22). The first kappa shape index (κ1) is 13.9. The largest absolute Gasteiger partial charge is 0.478 e. The van der Waals surface area contributed by atoms with E-state index in [9.17, 15) is 4.79 Å². The summed E-state index contributed by atoms with van der Waals surface area (Å²) in [6.07, 6.45) is 1.92. The number of fused-ring (bicyclic) bond motifs is 1. The molecule has 0 saturated heterocycles. The average Bonchev–Trinajstić information content (AvgIpc) is 2.80. The van der Waals surface area contributed by atoms with Gasteiger partial charge in [0.15, 0.2) is 5.82 Å². The minimum absolute atomic E-state index is 0.119. The molecule has 1 aromatic carbocycles. The molecule has 0 fully saturated rings. The van der Waals surface area contributed by atoms with E-state index in [2.05, 4.69) is 15.2 Å². The molecule has 3 aromatic rings. The Hall–Kier alpha value is -3.02. The number of carbonyl (C=O) groups is 1. The SMILES string of the molecule is Cc1ccc2nc(C)c(N=Nc3ccccc3C(=O)O)n2c1. The van der Waals surface area contributed by atoms with E-state index in [1.807, 2.05) is 36.6 Å². The Bertz CT molecular complexity index is 896. The molecule has 6 nitrogen and oxygen atoms in total. The van der Waals surface area contributed by atoms with Crippen LogP contribution in [0.4, 0.5) is 11.5 Å². The van der Waals surface area contributed by atoms with Crippen LogP contribution < -0.4 is 0 Å². The van der Waals surface area contributed by atoms with Crippen LogP contribution in [0.3, 0.4) is 0 Å². The first-order valence-electron chi connectivity index (χ1n) is 6.75. The Balaban J connectivity index is 2.09. The maximum absolute atomic E-state index is 11.2. The monoisotopic (exact) mass is 294 g/mol. The van der Waals surface area contributed by atoms with Crippen LogP contribution in [0.1, 0.15) is 21.6 Å². The topological polar surface area (TPSA) is 79.3 Å². The lowest BCUT2D eigenvalue weighted by Gasteiger charge is -2.00. The molecule has 0 aliphatic heterocycles. The van der Waals surface area contributed by atoms with Crippen LogP contribution in [0.2, 0.25) is 0 Å². The summed E-state index contributed by atoms with van der Waals surface area (Å²) in [6, 6.07) is 10.4. The third-order valence-electron chi connectivity index (χ3n) is 3.30. The number of nitrogens with zero attached hydrogens (tertiary/aromatic N) is 4. The van der Waals surface area contributed by atoms with Crippen molar-refractivity contribution in [3.05, 3.63) is 59.4 Å². The molecular weight excluding hydrogens is 280 g/mol. The van der Waals surface area contributed by atoms with Crippen LogP contribution in [-0.4, -0.2) is 20.5 Å². The molecule has 0 radical (unpaired) electrons. The number of hydrogen-bond donors (Lipinski definition) is 1. The Labute approximate surface area is 126 Å². The Kier molecular flexibility index (Phi) is 3.42. The predicted octanol–water partition coefficient (Wildman–Crippen LogP) is 4.06. The molecule has 0 spiro atoms. The van der Waals surface area contributed by atoms with E-state index < -0.39 is 5.97 Å². The molecule has 0 atom stereocenters. The minimum atomic E-state index is -1.03. The van der Waals surface area contributed by atoms with Gasteiger partial charge in [0, 0.05) is 6.20 Å². The number of carboxylic acid groups (broad SMARTS) is 1. The van der Waals surface area contributed by atoms with Gasteiger partial charge in [0.25, 0.3) is 0 Å². The van der Waals surface area contributed by atoms with Crippen LogP contribution >= 0.6 is 0 Å². The first-order valence-corrected chi connectivity index (χ1v) is 6.75. The quantitative estimate of drug-likeness (QED) is 0.739. The number of aromatic nitrogens is 2. The van der Waals surface area contributed by atoms with Crippen molar-refractivity contribution < 1.29 is 9.90 Å². The highest BCUT2D eigenvalue weighted by molar-refractivity contribution is 5.93. The van der Waals surface area contributed by atoms with Crippen molar-refractivity contribution in [3.8, 4) is 0 Å². The maximum atomic E-state index is 11.2. The number of azo groups is 1.